The molecule has 2 aliphatic heterocycles. The molecule has 0 spiro atoms. The summed E-state index contributed by atoms with van der Waals surface area (Å²) in [5.41, 5.74) is 2.75. The molecule has 3 aromatic carbocycles. The first-order chi connectivity index (χ1) is 20.9. The van der Waals surface area contributed by atoms with E-state index in [0.717, 1.165) is 23.3 Å². The first kappa shape index (κ1) is 27.7. The normalized spacial score (nSPS) is 16.0. The van der Waals surface area contributed by atoms with Crippen LogP contribution in [0.1, 0.15) is 37.9 Å². The van der Waals surface area contributed by atoms with Crippen molar-refractivity contribution < 1.29 is 26.8 Å². The van der Waals surface area contributed by atoms with Crippen LogP contribution in [0.25, 0.3) is 22.0 Å². The number of benzene rings is 3. The van der Waals surface area contributed by atoms with Crippen LogP contribution < -0.4 is 10.5 Å². The molecule has 5 aromatic rings. The summed E-state index contributed by atoms with van der Waals surface area (Å²) in [5.74, 6) is -2.99. The number of amides is 2. The fourth-order valence-electron chi connectivity index (χ4n) is 6.30. The lowest BCUT2D eigenvalue weighted by molar-refractivity contribution is 0.0645. The average molecular weight is 615 g/mol. The zero-order chi connectivity index (χ0) is 31.1. The second-order valence-corrected chi connectivity index (χ2v) is 13.3. The summed E-state index contributed by atoms with van der Waals surface area (Å²) in [5, 5.41) is 0.484. The molecule has 9 nitrogen and oxygen atoms in total. The monoisotopic (exact) mass is 614 g/mol. The summed E-state index contributed by atoms with van der Waals surface area (Å²) >= 11 is 0. The van der Waals surface area contributed by atoms with Crippen molar-refractivity contribution in [1.82, 2.24) is 14.5 Å². The smallest absolute Gasteiger partial charge is 0.274 e. The molecule has 2 amide bonds. The molecular formula is C32H24F2N4O5S. The summed E-state index contributed by atoms with van der Waals surface area (Å²) in [7, 11) is -1.85. The second-order valence-electron chi connectivity index (χ2n) is 11.1. The highest BCUT2D eigenvalue weighted by Gasteiger charge is 2.41. The van der Waals surface area contributed by atoms with Gasteiger partial charge < -0.3 is 14.5 Å². The summed E-state index contributed by atoms with van der Waals surface area (Å²) in [6, 6.07) is 13.5. The number of nitrogens with zero attached hydrogens (tertiary/aromatic N) is 3. The van der Waals surface area contributed by atoms with Crippen LogP contribution >= 0.6 is 0 Å². The number of hydrogen-bond acceptors (Lipinski definition) is 6. The largest absolute Gasteiger partial charge is 0.356 e. The van der Waals surface area contributed by atoms with Gasteiger partial charge in [0.05, 0.1) is 35.2 Å². The summed E-state index contributed by atoms with van der Waals surface area (Å²) in [4.78, 5) is 46.0. The molecule has 0 aliphatic carbocycles. The number of imide groups is 1. The zero-order valence-corrected chi connectivity index (χ0v) is 24.3. The number of sulfone groups is 1. The molecule has 12 heteroatoms. The van der Waals surface area contributed by atoms with Crippen LogP contribution in [-0.4, -0.2) is 47.5 Å². The van der Waals surface area contributed by atoms with Crippen LogP contribution in [0, 0.1) is 11.6 Å². The standard InChI is InChI=1S/C32H24F2N4O5S/c1-36-14-23-21-11-17(16-44(2,42)43)7-9-25(21)38(26-10-8-18(33)12-24(26)34)27(22-13-35-29(28(22)23)32(36)41)15-37-30(39)19-5-3-4-6-20(19)31(37)40/h3-14,27,35H,15-16H2,1-2H3/t27-/m0/s1. The predicted octanol–water partition coefficient (Wildman–Crippen LogP) is 4.85. The van der Waals surface area contributed by atoms with E-state index in [4.69, 9.17) is 0 Å². The van der Waals surface area contributed by atoms with Gasteiger partial charge in [-0.05, 0) is 42.0 Å². The SMILES string of the molecule is Cn1cc2c3c(c[nH]c3c1=O)[C@H](CN1C(=O)c3ccccc3C1=O)N(c1ccc(F)cc1F)c1ccc(CS(C)(=O)=O)cc1-2. The van der Waals surface area contributed by atoms with Gasteiger partial charge in [-0.25, -0.2) is 17.2 Å². The van der Waals surface area contributed by atoms with Gasteiger partial charge in [-0.1, -0.05) is 18.2 Å². The minimum Gasteiger partial charge on any atom is -0.356 e. The lowest BCUT2D eigenvalue weighted by atomic mass is 9.98. The number of aromatic amines is 1. The maximum absolute atomic E-state index is 15.7. The van der Waals surface area contributed by atoms with Crippen molar-refractivity contribution in [3.63, 3.8) is 0 Å². The molecule has 0 radical (unpaired) electrons. The first-order valence-electron chi connectivity index (χ1n) is 13.6. The van der Waals surface area contributed by atoms with Crippen LogP contribution in [0.3, 0.4) is 0 Å². The van der Waals surface area contributed by atoms with Crippen molar-refractivity contribution >= 4 is 43.9 Å². The summed E-state index contributed by atoms with van der Waals surface area (Å²) < 4.78 is 55.7. The molecule has 2 aromatic heterocycles. The van der Waals surface area contributed by atoms with Crippen LogP contribution in [-0.2, 0) is 22.6 Å². The number of carbonyl (C=O) groups excluding carboxylic acids is 2. The molecule has 0 unspecified atom stereocenters. The number of carbonyl (C=O) groups is 2. The molecule has 222 valence electrons. The van der Waals surface area contributed by atoms with E-state index in [1.54, 1.807) is 66.8 Å². The Bertz CT molecular complexity index is 2210. The number of fused-ring (bicyclic) bond motifs is 3. The molecule has 44 heavy (non-hydrogen) atoms. The van der Waals surface area contributed by atoms with Crippen LogP contribution in [0.2, 0.25) is 0 Å². The number of pyridine rings is 1. The number of H-pyrrole nitrogens is 1. The van der Waals surface area contributed by atoms with Gasteiger partial charge >= 0.3 is 0 Å². The highest BCUT2D eigenvalue weighted by atomic mass is 32.2. The molecule has 4 heterocycles. The van der Waals surface area contributed by atoms with E-state index in [9.17, 15) is 27.2 Å². The molecule has 0 saturated carbocycles. The van der Waals surface area contributed by atoms with Crippen LogP contribution in [0.15, 0.2) is 77.9 Å². The molecule has 1 atom stereocenters. The highest BCUT2D eigenvalue weighted by Crippen LogP contribution is 2.49. The van der Waals surface area contributed by atoms with Crippen molar-refractivity contribution in [2.45, 2.75) is 11.8 Å². The minimum absolute atomic E-state index is 0.0426. The van der Waals surface area contributed by atoms with Gasteiger partial charge in [0.1, 0.15) is 17.2 Å². The van der Waals surface area contributed by atoms with E-state index in [-0.39, 0.29) is 40.2 Å². The number of halogens is 2. The van der Waals surface area contributed by atoms with Gasteiger partial charge in [0.2, 0.25) is 0 Å². The number of aromatic nitrogens is 2. The Labute approximate surface area is 249 Å². The summed E-state index contributed by atoms with van der Waals surface area (Å²) in [6.07, 6.45) is 4.33. The van der Waals surface area contributed by atoms with E-state index in [1.807, 2.05) is 0 Å². The predicted molar refractivity (Wildman–Crippen MR) is 161 cm³/mol. The maximum Gasteiger partial charge on any atom is 0.274 e. The third kappa shape index (κ3) is 4.24. The number of anilines is 2. The number of hydrogen-bond donors (Lipinski definition) is 1. The van der Waals surface area contributed by atoms with Gasteiger partial charge in [-0.3, -0.25) is 19.3 Å². The number of nitrogens with one attached hydrogen (secondary N) is 1. The highest BCUT2D eigenvalue weighted by molar-refractivity contribution is 7.89. The van der Waals surface area contributed by atoms with Crippen LogP contribution in [0.4, 0.5) is 20.2 Å². The van der Waals surface area contributed by atoms with Gasteiger partial charge in [0.25, 0.3) is 17.4 Å². The van der Waals surface area contributed by atoms with Crippen LogP contribution in [0.5, 0.6) is 0 Å². The molecular weight excluding hydrogens is 590 g/mol. The van der Waals surface area contributed by atoms with E-state index >= 15 is 4.39 Å². The average Bonchev–Trinajstić information content (AvgIpc) is 3.48. The van der Waals surface area contributed by atoms with Gasteiger partial charge in [-0.15, -0.1) is 0 Å². The van der Waals surface area contributed by atoms with Crippen molar-refractivity contribution in [2.75, 3.05) is 17.7 Å². The van der Waals surface area contributed by atoms with Gasteiger partial charge in [0.15, 0.2) is 9.84 Å². The number of rotatable bonds is 5. The molecule has 0 bridgehead atoms. The number of aryl methyl sites for hydroxylation is 1. The third-order valence-electron chi connectivity index (χ3n) is 8.15. The molecule has 0 fully saturated rings. The van der Waals surface area contributed by atoms with Crippen molar-refractivity contribution in [3.8, 4) is 11.1 Å². The van der Waals surface area contributed by atoms with E-state index in [2.05, 4.69) is 4.98 Å². The fraction of sp³-hybridized carbons (Fsp3) is 0.156. The second kappa shape index (κ2) is 9.71. The summed E-state index contributed by atoms with van der Waals surface area (Å²) in [6.45, 7) is -0.241. The molecule has 7 rings (SSSR count). The van der Waals surface area contributed by atoms with Gasteiger partial charge in [-0.2, -0.15) is 0 Å². The van der Waals surface area contributed by atoms with E-state index in [0.29, 0.717) is 33.3 Å². The topological polar surface area (TPSA) is 113 Å². The Kier molecular flexibility index (Phi) is 6.12. The lowest BCUT2D eigenvalue weighted by Gasteiger charge is -2.35. The molecule has 1 N–H and O–H groups in total. The van der Waals surface area contributed by atoms with Crippen molar-refractivity contribution in [2.24, 2.45) is 7.05 Å². The van der Waals surface area contributed by atoms with E-state index < -0.39 is 39.3 Å². The zero-order valence-electron chi connectivity index (χ0n) is 23.5. The Morgan fingerprint density at radius 3 is 2.20 bits per heavy atom. The molecule has 2 aliphatic rings. The molecule has 0 saturated heterocycles. The lowest BCUT2D eigenvalue weighted by Crippen LogP contribution is -2.39. The Hall–Kier alpha value is -5.10. The third-order valence-corrected chi connectivity index (χ3v) is 9.01. The first-order valence-corrected chi connectivity index (χ1v) is 15.7. The Morgan fingerprint density at radius 2 is 1.55 bits per heavy atom. The fourth-order valence-corrected chi connectivity index (χ4v) is 7.08. The Morgan fingerprint density at radius 1 is 0.864 bits per heavy atom. The minimum atomic E-state index is -3.43. The van der Waals surface area contributed by atoms with Gasteiger partial charge in [0, 0.05) is 59.5 Å². The Balaban J connectivity index is 1.53. The quantitative estimate of drug-likeness (QED) is 0.284. The van der Waals surface area contributed by atoms with E-state index in [1.165, 1.54) is 10.6 Å². The maximum atomic E-state index is 15.7. The van der Waals surface area contributed by atoms with Crippen molar-refractivity contribution in [1.29, 1.82) is 0 Å². The van der Waals surface area contributed by atoms with Crippen molar-refractivity contribution in [3.05, 3.63) is 117 Å².